The summed E-state index contributed by atoms with van der Waals surface area (Å²) in [7, 11) is 0. The van der Waals surface area contributed by atoms with Crippen LogP contribution >= 0.6 is 0 Å². The molecule has 0 spiro atoms. The molecule has 14 atom stereocenters. The molecule has 2 aromatic carbocycles. The zero-order chi connectivity index (χ0) is 38.5. The molecule has 55 heavy (non-hydrogen) atoms. The van der Waals surface area contributed by atoms with E-state index in [2.05, 4.69) is 4.99 Å². The van der Waals surface area contributed by atoms with Gasteiger partial charge in [0, 0.05) is 6.61 Å². The first-order valence-electron chi connectivity index (χ1n) is 18.8. The average Bonchev–Trinajstić information content (AvgIpc) is 3.18. The second-order valence-electron chi connectivity index (χ2n) is 14.7. The van der Waals surface area contributed by atoms with Crippen molar-refractivity contribution in [1.29, 1.82) is 0 Å². The third kappa shape index (κ3) is 10.6. The normalized spacial score (nSPS) is 36.9. The summed E-state index contributed by atoms with van der Waals surface area (Å²) >= 11 is 0. The summed E-state index contributed by atoms with van der Waals surface area (Å²) in [6, 6.07) is 12.7. The maximum atomic E-state index is 13.3. The number of carbonyl (C=O) groups is 1. The number of hydrogen-bond acceptors (Lipinski definition) is 15. The maximum absolute atomic E-state index is 13.3. The Hall–Kier alpha value is -1.84. The standard InChI is InChI=1S/C38H53NO15.Na/c1-19-28(41)30(43)31(44)37(50-19)54-33-24(13-14-49-26(33)17-39-35(46)23-12-11-21-9-5-6-10-22(21)16-23)52-38-32(45)34(29(42)27(18-40)53-38)51-25(36(47)48)15-20-7-3-2-4-8-20;/h5-6,9-12,16,19-20,24-34,37-38,40-45H,2-4,7-8,13-15,17-18H2,1H3,(H,39,46)(H,47,48);/q;+1/p-1/t19-,24+,25+,26?,27+,28+,29-,30-,31+,32-,33-,34+,37-,38+;/m1./s1. The van der Waals surface area contributed by atoms with Crippen LogP contribution in [0.15, 0.2) is 47.5 Å². The van der Waals surface area contributed by atoms with Crippen molar-refractivity contribution >= 4 is 22.6 Å². The van der Waals surface area contributed by atoms with Gasteiger partial charge in [0.05, 0.1) is 25.4 Å². The van der Waals surface area contributed by atoms with Gasteiger partial charge in [0.15, 0.2) is 18.7 Å². The Morgan fingerprint density at radius 1 is 0.855 bits per heavy atom. The van der Waals surface area contributed by atoms with E-state index in [1.54, 1.807) is 12.1 Å². The van der Waals surface area contributed by atoms with E-state index in [4.69, 9.17) is 28.4 Å². The minimum atomic E-state index is -1.73. The number of aliphatic carboxylic acids is 1. The number of rotatable bonds is 13. The zero-order valence-corrected chi connectivity index (χ0v) is 33.1. The molecular formula is C38H52NNaO15. The van der Waals surface area contributed by atoms with Crippen molar-refractivity contribution in [3.05, 3.63) is 48.0 Å². The van der Waals surface area contributed by atoms with E-state index < -0.39 is 104 Å². The molecule has 4 aliphatic rings. The van der Waals surface area contributed by atoms with Gasteiger partial charge in [-0.25, -0.2) is 4.79 Å². The number of ether oxygens (including phenoxy) is 6. The fourth-order valence-electron chi connectivity index (χ4n) is 7.81. The smallest absolute Gasteiger partial charge is 0.858 e. The molecule has 3 aliphatic heterocycles. The third-order valence-electron chi connectivity index (χ3n) is 11.0. The van der Waals surface area contributed by atoms with Gasteiger partial charge in [-0.2, -0.15) is 0 Å². The van der Waals surface area contributed by atoms with Gasteiger partial charge in [-0.3, -0.25) is 4.99 Å². The Kier molecular flexibility index (Phi) is 16.3. The fraction of sp³-hybridized carbons (Fsp3) is 0.684. The van der Waals surface area contributed by atoms with Crippen LogP contribution in [0, 0.1) is 5.92 Å². The summed E-state index contributed by atoms with van der Waals surface area (Å²) in [4.78, 5) is 16.6. The molecule has 6 rings (SSSR count). The number of hydrogen-bond donors (Lipinski definition) is 7. The van der Waals surface area contributed by atoms with E-state index >= 15 is 0 Å². The number of carboxylic acids is 1. The van der Waals surface area contributed by atoms with Crippen LogP contribution in [0.25, 0.3) is 10.8 Å². The molecule has 7 N–H and O–H groups in total. The van der Waals surface area contributed by atoms with E-state index in [1.165, 1.54) is 6.92 Å². The monoisotopic (exact) mass is 785 g/mol. The molecule has 300 valence electrons. The Labute approximate surface area is 341 Å². The first-order chi connectivity index (χ1) is 25.9. The second kappa shape index (κ2) is 20.2. The van der Waals surface area contributed by atoms with Crippen molar-refractivity contribution in [3.63, 3.8) is 0 Å². The van der Waals surface area contributed by atoms with Gasteiger partial charge in [-0.15, -0.1) is 0 Å². The van der Waals surface area contributed by atoms with Crippen LogP contribution in [0.1, 0.15) is 57.4 Å². The van der Waals surface area contributed by atoms with Crippen LogP contribution in [0.5, 0.6) is 0 Å². The zero-order valence-electron chi connectivity index (χ0n) is 31.1. The molecule has 0 radical (unpaired) electrons. The Morgan fingerprint density at radius 3 is 2.27 bits per heavy atom. The summed E-state index contributed by atoms with van der Waals surface area (Å²) in [6.07, 6.45) is -14.5. The van der Waals surface area contributed by atoms with Crippen molar-refractivity contribution in [1.82, 2.24) is 0 Å². The first-order valence-corrected chi connectivity index (χ1v) is 18.8. The van der Waals surface area contributed by atoms with Crippen molar-refractivity contribution < 1.29 is 104 Å². The molecule has 17 heteroatoms. The Bertz CT molecular complexity index is 1560. The average molecular weight is 786 g/mol. The topological polar surface area (TPSA) is 249 Å². The summed E-state index contributed by atoms with van der Waals surface area (Å²) in [5.74, 6) is -1.68. The summed E-state index contributed by atoms with van der Waals surface area (Å²) in [5.41, 5.74) is 0.341. The molecule has 3 heterocycles. The van der Waals surface area contributed by atoms with Crippen LogP contribution in [0.4, 0.5) is 0 Å². The van der Waals surface area contributed by atoms with Crippen LogP contribution in [-0.4, -0.2) is 153 Å². The van der Waals surface area contributed by atoms with Crippen molar-refractivity contribution in [2.45, 2.75) is 138 Å². The van der Waals surface area contributed by atoms with Crippen LogP contribution in [0.2, 0.25) is 0 Å². The number of benzene rings is 2. The predicted octanol–water partition coefficient (Wildman–Crippen LogP) is -3.41. The van der Waals surface area contributed by atoms with Crippen molar-refractivity contribution in [2.75, 3.05) is 19.8 Å². The van der Waals surface area contributed by atoms with E-state index in [0.717, 1.165) is 42.9 Å². The summed E-state index contributed by atoms with van der Waals surface area (Å²) < 4.78 is 35.9. The molecule has 2 aromatic rings. The van der Waals surface area contributed by atoms with E-state index in [-0.39, 0.29) is 61.5 Å². The predicted molar refractivity (Wildman–Crippen MR) is 187 cm³/mol. The quantitative estimate of drug-likeness (QED) is 0.0594. The van der Waals surface area contributed by atoms with Crippen LogP contribution in [0.3, 0.4) is 0 Å². The summed E-state index contributed by atoms with van der Waals surface area (Å²) in [6.45, 7) is 0.610. The molecular weight excluding hydrogens is 733 g/mol. The number of carboxylic acid groups (broad SMARTS) is 1. The molecule has 0 amide bonds. The number of aliphatic hydroxyl groups excluding tert-OH is 6. The van der Waals surface area contributed by atoms with E-state index in [1.807, 2.05) is 30.3 Å². The van der Waals surface area contributed by atoms with Crippen LogP contribution in [-0.2, 0) is 33.2 Å². The van der Waals surface area contributed by atoms with E-state index in [9.17, 15) is 45.6 Å². The molecule has 0 bridgehead atoms. The number of nitrogens with zero attached hydrogens (tertiary/aromatic N) is 1. The Morgan fingerprint density at radius 2 is 1.56 bits per heavy atom. The van der Waals surface area contributed by atoms with Gasteiger partial charge in [0.25, 0.3) is 0 Å². The molecule has 3 saturated heterocycles. The Balaban J connectivity index is 0.00000580. The minimum Gasteiger partial charge on any atom is -0.858 e. The maximum Gasteiger partial charge on any atom is 1.00 e. The minimum absolute atomic E-state index is 0. The summed E-state index contributed by atoms with van der Waals surface area (Å²) in [5, 5.41) is 89.3. The van der Waals surface area contributed by atoms with Gasteiger partial charge < -0.3 is 69.3 Å². The SMILES string of the molecule is C[C@H]1O[C@H](O[C@H]2C(CN=C([O-])c3ccc4ccccc4c3)OCC[C@@H]2O[C@H]2O[C@@H](CO)[C@@H](O)[C@H](O[C@@H](CC3CCCCC3)C(=O)O)[C@H]2O)[C@@H](O)[C@H](O)[C@H]1O.[Na+]. The molecule has 4 fully saturated rings. The molecule has 1 unspecified atom stereocenters. The van der Waals surface area contributed by atoms with Crippen molar-refractivity contribution in [2.24, 2.45) is 10.9 Å². The first kappa shape index (κ1) is 44.3. The van der Waals surface area contributed by atoms with Gasteiger partial charge in [-0.1, -0.05) is 68.5 Å². The fourth-order valence-corrected chi connectivity index (χ4v) is 7.81. The van der Waals surface area contributed by atoms with Gasteiger partial charge in [-0.05, 0) is 54.0 Å². The number of aliphatic imine (C=N–C) groups is 1. The molecule has 1 aliphatic carbocycles. The van der Waals surface area contributed by atoms with Gasteiger partial charge in [0.1, 0.15) is 54.9 Å². The number of fused-ring (bicyclic) bond motifs is 1. The van der Waals surface area contributed by atoms with Gasteiger partial charge >= 0.3 is 35.5 Å². The molecule has 16 nitrogen and oxygen atoms in total. The van der Waals surface area contributed by atoms with Gasteiger partial charge in [0.2, 0.25) is 0 Å². The van der Waals surface area contributed by atoms with Crippen LogP contribution < -0.4 is 34.7 Å². The largest absolute Gasteiger partial charge is 1.00 e. The van der Waals surface area contributed by atoms with E-state index in [0.29, 0.717) is 5.56 Å². The van der Waals surface area contributed by atoms with Crippen molar-refractivity contribution in [3.8, 4) is 0 Å². The molecule has 0 aromatic heterocycles. The second-order valence-corrected chi connectivity index (χ2v) is 14.7. The molecule has 1 saturated carbocycles. The third-order valence-corrected chi connectivity index (χ3v) is 11.0. The number of aliphatic hydroxyl groups is 6.